The lowest BCUT2D eigenvalue weighted by Gasteiger charge is -2.20. The molecule has 1 N–H and O–H groups in total. The van der Waals surface area contributed by atoms with E-state index >= 15 is 0 Å². The van der Waals surface area contributed by atoms with Gasteiger partial charge >= 0.3 is 0 Å². The summed E-state index contributed by atoms with van der Waals surface area (Å²) in [7, 11) is 1.79. The van der Waals surface area contributed by atoms with Crippen LogP contribution in [-0.4, -0.2) is 15.5 Å². The number of carbonyl (C=O) groups excluding carboxylic acids is 1. The van der Waals surface area contributed by atoms with E-state index in [-0.39, 0.29) is 12.3 Å². The van der Waals surface area contributed by atoms with Crippen molar-refractivity contribution in [2.24, 2.45) is 7.05 Å². The predicted molar refractivity (Wildman–Crippen MR) is 99.8 cm³/mol. The molecule has 1 aromatic heterocycles. The van der Waals surface area contributed by atoms with Crippen LogP contribution in [0.1, 0.15) is 23.0 Å². The van der Waals surface area contributed by atoms with Crippen molar-refractivity contribution in [1.29, 1.82) is 0 Å². The van der Waals surface area contributed by atoms with Crippen molar-refractivity contribution >= 4 is 29.1 Å². The Bertz CT molecular complexity index is 942. The summed E-state index contributed by atoms with van der Waals surface area (Å²) >= 11 is 11.9. The largest absolute Gasteiger partial charge is 0.342 e. The molecule has 1 atom stereocenters. The van der Waals surface area contributed by atoms with Crippen LogP contribution in [0.3, 0.4) is 0 Å². The van der Waals surface area contributed by atoms with Gasteiger partial charge in [-0.15, -0.1) is 0 Å². The molecule has 26 heavy (non-hydrogen) atoms. The smallest absolute Gasteiger partial charge is 0.225 e. The molecule has 0 bridgehead atoms. The van der Waals surface area contributed by atoms with E-state index in [4.69, 9.17) is 23.2 Å². The van der Waals surface area contributed by atoms with Crippen LogP contribution in [0.15, 0.2) is 54.9 Å². The SMILES string of the molecule is Cn1ccnc1C(NC(=O)Cc1ccc(Cl)c(Cl)c1)c1ccccc1F. The van der Waals surface area contributed by atoms with Crippen molar-refractivity contribution in [3.05, 3.63) is 87.7 Å². The zero-order valence-corrected chi connectivity index (χ0v) is 15.4. The minimum absolute atomic E-state index is 0.0895. The molecule has 0 radical (unpaired) electrons. The standard InChI is InChI=1S/C19H16Cl2FN3O/c1-25-9-8-23-19(25)18(13-4-2-3-5-16(13)22)24-17(26)11-12-6-7-14(20)15(21)10-12/h2-10,18H,11H2,1H3,(H,24,26). The topological polar surface area (TPSA) is 46.9 Å². The first kappa shape index (κ1) is 18.4. The molecule has 4 nitrogen and oxygen atoms in total. The fourth-order valence-corrected chi connectivity index (χ4v) is 3.01. The normalized spacial score (nSPS) is 12.0. The highest BCUT2D eigenvalue weighted by Crippen LogP contribution is 2.25. The number of aromatic nitrogens is 2. The Morgan fingerprint density at radius 3 is 2.65 bits per heavy atom. The van der Waals surface area contributed by atoms with Gasteiger partial charge in [-0.25, -0.2) is 9.37 Å². The Morgan fingerprint density at radius 1 is 1.23 bits per heavy atom. The van der Waals surface area contributed by atoms with Gasteiger partial charge in [-0.1, -0.05) is 47.5 Å². The van der Waals surface area contributed by atoms with Crippen LogP contribution in [0, 0.1) is 5.82 Å². The van der Waals surface area contributed by atoms with Gasteiger partial charge in [-0.2, -0.15) is 0 Å². The van der Waals surface area contributed by atoms with Gasteiger partial charge in [0.25, 0.3) is 0 Å². The third-order valence-corrected chi connectivity index (χ3v) is 4.73. The first-order valence-corrected chi connectivity index (χ1v) is 8.66. The zero-order valence-electron chi connectivity index (χ0n) is 13.9. The molecule has 1 heterocycles. The summed E-state index contributed by atoms with van der Waals surface area (Å²) in [5.41, 5.74) is 1.06. The second kappa shape index (κ2) is 7.89. The molecule has 7 heteroatoms. The number of amides is 1. The Labute approximate surface area is 160 Å². The van der Waals surface area contributed by atoms with E-state index in [0.29, 0.717) is 27.0 Å². The van der Waals surface area contributed by atoms with Crippen LogP contribution in [-0.2, 0) is 18.3 Å². The van der Waals surface area contributed by atoms with E-state index < -0.39 is 11.9 Å². The van der Waals surface area contributed by atoms with Gasteiger partial charge in [-0.05, 0) is 23.8 Å². The van der Waals surface area contributed by atoms with Gasteiger partial charge in [0.2, 0.25) is 5.91 Å². The van der Waals surface area contributed by atoms with E-state index in [9.17, 15) is 9.18 Å². The number of hydrogen-bond donors (Lipinski definition) is 1. The molecule has 0 fully saturated rings. The molecule has 134 valence electrons. The fraction of sp³-hybridized carbons (Fsp3) is 0.158. The molecule has 0 saturated heterocycles. The second-order valence-corrected chi connectivity index (χ2v) is 6.66. The highest BCUT2D eigenvalue weighted by Gasteiger charge is 2.23. The van der Waals surface area contributed by atoms with Crippen molar-refractivity contribution in [1.82, 2.24) is 14.9 Å². The lowest BCUT2D eigenvalue weighted by atomic mass is 10.0. The van der Waals surface area contributed by atoms with Gasteiger partial charge in [0.05, 0.1) is 16.5 Å². The molecular weight excluding hydrogens is 376 g/mol. The lowest BCUT2D eigenvalue weighted by molar-refractivity contribution is -0.121. The number of nitrogens with one attached hydrogen (secondary N) is 1. The molecule has 0 saturated carbocycles. The van der Waals surface area contributed by atoms with E-state index in [1.54, 1.807) is 60.4 Å². The summed E-state index contributed by atoms with van der Waals surface area (Å²) < 4.78 is 16.1. The van der Waals surface area contributed by atoms with Crippen LogP contribution < -0.4 is 5.32 Å². The quantitative estimate of drug-likeness (QED) is 0.703. The minimum atomic E-state index is -0.702. The monoisotopic (exact) mass is 391 g/mol. The fourth-order valence-electron chi connectivity index (χ4n) is 2.69. The van der Waals surface area contributed by atoms with Crippen LogP contribution in [0.2, 0.25) is 10.0 Å². The van der Waals surface area contributed by atoms with Crippen LogP contribution in [0.25, 0.3) is 0 Å². The van der Waals surface area contributed by atoms with Crippen LogP contribution >= 0.6 is 23.2 Å². The van der Waals surface area contributed by atoms with E-state index in [1.165, 1.54) is 6.07 Å². The highest BCUT2D eigenvalue weighted by molar-refractivity contribution is 6.42. The van der Waals surface area contributed by atoms with Gasteiger partial charge in [-0.3, -0.25) is 4.79 Å². The first-order chi connectivity index (χ1) is 12.5. The molecular formula is C19H16Cl2FN3O. The maximum atomic E-state index is 14.3. The van der Waals surface area contributed by atoms with Crippen LogP contribution in [0.5, 0.6) is 0 Å². The summed E-state index contributed by atoms with van der Waals surface area (Å²) in [6.07, 6.45) is 3.44. The number of imidazole rings is 1. The maximum absolute atomic E-state index is 14.3. The number of halogens is 3. The van der Waals surface area contributed by atoms with E-state index in [1.807, 2.05) is 0 Å². The van der Waals surface area contributed by atoms with Gasteiger partial charge < -0.3 is 9.88 Å². The number of carbonyl (C=O) groups is 1. The second-order valence-electron chi connectivity index (χ2n) is 5.84. The molecule has 0 aliphatic heterocycles. The summed E-state index contributed by atoms with van der Waals surface area (Å²) in [4.78, 5) is 16.8. The van der Waals surface area contributed by atoms with Gasteiger partial charge in [0.15, 0.2) is 0 Å². The molecule has 1 amide bonds. The molecule has 2 aromatic carbocycles. The molecule has 0 spiro atoms. The molecule has 1 unspecified atom stereocenters. The summed E-state index contributed by atoms with van der Waals surface area (Å²) in [6, 6.07) is 10.6. The van der Waals surface area contributed by atoms with Crippen molar-refractivity contribution in [3.63, 3.8) is 0 Å². The molecule has 0 aliphatic rings. The maximum Gasteiger partial charge on any atom is 0.225 e. The zero-order chi connectivity index (χ0) is 18.7. The van der Waals surface area contributed by atoms with Crippen molar-refractivity contribution in [2.45, 2.75) is 12.5 Å². The number of nitrogens with zero attached hydrogens (tertiary/aromatic N) is 2. The lowest BCUT2D eigenvalue weighted by Crippen LogP contribution is -2.32. The summed E-state index contributed by atoms with van der Waals surface area (Å²) in [6.45, 7) is 0. The molecule has 3 aromatic rings. The van der Waals surface area contributed by atoms with Gasteiger partial charge in [0.1, 0.15) is 17.7 Å². The van der Waals surface area contributed by atoms with E-state index in [0.717, 1.165) is 0 Å². The summed E-state index contributed by atoms with van der Waals surface area (Å²) in [5, 5.41) is 3.67. The number of hydrogen-bond acceptors (Lipinski definition) is 2. The van der Waals surface area contributed by atoms with Gasteiger partial charge in [0, 0.05) is 25.0 Å². The number of rotatable bonds is 5. The third kappa shape index (κ3) is 4.06. The number of aryl methyl sites for hydroxylation is 1. The minimum Gasteiger partial charge on any atom is -0.342 e. The highest BCUT2D eigenvalue weighted by atomic mass is 35.5. The van der Waals surface area contributed by atoms with Crippen LogP contribution in [0.4, 0.5) is 4.39 Å². The third-order valence-electron chi connectivity index (χ3n) is 3.99. The average molecular weight is 392 g/mol. The Morgan fingerprint density at radius 2 is 2.00 bits per heavy atom. The molecule has 0 aliphatic carbocycles. The van der Waals surface area contributed by atoms with Crippen molar-refractivity contribution in [2.75, 3.05) is 0 Å². The van der Waals surface area contributed by atoms with Crippen molar-refractivity contribution < 1.29 is 9.18 Å². The Hall–Kier alpha value is -2.37. The van der Waals surface area contributed by atoms with Crippen molar-refractivity contribution in [3.8, 4) is 0 Å². The molecule has 3 rings (SSSR count). The summed E-state index contributed by atoms with van der Waals surface area (Å²) in [5.74, 6) is -0.146. The first-order valence-electron chi connectivity index (χ1n) is 7.90. The Balaban J connectivity index is 1.86. The average Bonchev–Trinajstić information content (AvgIpc) is 3.03. The Kier molecular flexibility index (Phi) is 5.59. The predicted octanol–water partition coefficient (Wildman–Crippen LogP) is 4.31. The van der Waals surface area contributed by atoms with E-state index in [2.05, 4.69) is 10.3 Å². The number of benzene rings is 2.